The summed E-state index contributed by atoms with van der Waals surface area (Å²) in [5.41, 5.74) is 3.45. The first-order valence-corrected chi connectivity index (χ1v) is 11.1. The van der Waals surface area contributed by atoms with Crippen molar-refractivity contribution in [2.24, 2.45) is 0 Å². The molecule has 0 N–H and O–H groups in total. The Kier molecular flexibility index (Phi) is 8.09. The molecule has 0 aliphatic carbocycles. The normalized spacial score (nSPS) is 16.6. The van der Waals surface area contributed by atoms with Gasteiger partial charge in [-0.25, -0.2) is 4.39 Å². The van der Waals surface area contributed by atoms with Crippen LogP contribution in [0.4, 0.5) is 4.39 Å². The summed E-state index contributed by atoms with van der Waals surface area (Å²) in [5, 5.41) is -0.0395. The monoisotopic (exact) mass is 416 g/mol. The van der Waals surface area contributed by atoms with Crippen LogP contribution in [-0.4, -0.2) is 54.8 Å². The van der Waals surface area contributed by atoms with Crippen molar-refractivity contribution in [3.05, 3.63) is 71.0 Å². The van der Waals surface area contributed by atoms with Crippen LogP contribution in [0.15, 0.2) is 48.5 Å². The fourth-order valence-electron chi connectivity index (χ4n) is 3.59. The SMILES string of the molecule is COCCCN(CC(=O)N1CCS[C@@H]1c1ccc(F)cc1)Cc1ccccc1C. The number of methoxy groups -OCH3 is 1. The van der Waals surface area contributed by atoms with Crippen LogP contribution < -0.4 is 0 Å². The zero-order valence-corrected chi connectivity index (χ0v) is 18.0. The molecule has 1 saturated heterocycles. The Balaban J connectivity index is 1.69. The molecule has 1 fully saturated rings. The summed E-state index contributed by atoms with van der Waals surface area (Å²) in [4.78, 5) is 17.3. The van der Waals surface area contributed by atoms with Gasteiger partial charge < -0.3 is 9.64 Å². The number of aryl methyl sites for hydroxylation is 1. The molecule has 0 bridgehead atoms. The smallest absolute Gasteiger partial charge is 0.237 e. The Hall–Kier alpha value is -1.89. The lowest BCUT2D eigenvalue weighted by Crippen LogP contribution is -2.40. The van der Waals surface area contributed by atoms with Crippen molar-refractivity contribution in [1.82, 2.24) is 9.80 Å². The molecule has 2 aromatic carbocycles. The number of halogens is 1. The van der Waals surface area contributed by atoms with Crippen LogP contribution in [0, 0.1) is 12.7 Å². The van der Waals surface area contributed by atoms with E-state index in [1.165, 1.54) is 23.3 Å². The van der Waals surface area contributed by atoms with Crippen LogP contribution in [0.5, 0.6) is 0 Å². The summed E-state index contributed by atoms with van der Waals surface area (Å²) in [6, 6.07) is 14.8. The van der Waals surface area contributed by atoms with Crippen LogP contribution in [0.3, 0.4) is 0 Å². The van der Waals surface area contributed by atoms with Crippen molar-refractivity contribution < 1.29 is 13.9 Å². The van der Waals surface area contributed by atoms with Gasteiger partial charge in [0.2, 0.25) is 5.91 Å². The molecule has 1 atom stereocenters. The molecule has 0 spiro atoms. The van der Waals surface area contributed by atoms with E-state index in [1.54, 1.807) is 31.0 Å². The van der Waals surface area contributed by atoms with E-state index in [0.717, 1.165) is 37.4 Å². The van der Waals surface area contributed by atoms with Crippen molar-refractivity contribution in [1.29, 1.82) is 0 Å². The third-order valence-electron chi connectivity index (χ3n) is 5.20. The molecule has 1 heterocycles. The number of rotatable bonds is 9. The largest absolute Gasteiger partial charge is 0.385 e. The topological polar surface area (TPSA) is 32.8 Å². The third-order valence-corrected chi connectivity index (χ3v) is 6.46. The maximum absolute atomic E-state index is 13.3. The number of hydrogen-bond acceptors (Lipinski definition) is 4. The average Bonchev–Trinajstić information content (AvgIpc) is 3.20. The van der Waals surface area contributed by atoms with Gasteiger partial charge in [-0.2, -0.15) is 0 Å². The molecule has 3 rings (SSSR count). The number of carbonyl (C=O) groups is 1. The van der Waals surface area contributed by atoms with Gasteiger partial charge in [-0.1, -0.05) is 36.4 Å². The number of carbonyl (C=O) groups excluding carboxylic acids is 1. The predicted octanol–water partition coefficient (Wildman–Crippen LogP) is 4.25. The van der Waals surface area contributed by atoms with Gasteiger partial charge in [-0.05, 0) is 42.2 Å². The van der Waals surface area contributed by atoms with Gasteiger partial charge in [0, 0.05) is 39.1 Å². The van der Waals surface area contributed by atoms with E-state index in [4.69, 9.17) is 4.74 Å². The molecular formula is C23H29FN2O2S. The van der Waals surface area contributed by atoms with Crippen LogP contribution >= 0.6 is 11.8 Å². The van der Waals surface area contributed by atoms with Gasteiger partial charge >= 0.3 is 0 Å². The molecule has 0 unspecified atom stereocenters. The first kappa shape index (κ1) is 21.8. The number of amides is 1. The van der Waals surface area contributed by atoms with Crippen molar-refractivity contribution in [3.8, 4) is 0 Å². The zero-order chi connectivity index (χ0) is 20.6. The van der Waals surface area contributed by atoms with Crippen molar-refractivity contribution >= 4 is 17.7 Å². The molecule has 1 amide bonds. The molecule has 29 heavy (non-hydrogen) atoms. The van der Waals surface area contributed by atoms with Gasteiger partial charge in [0.25, 0.3) is 0 Å². The van der Waals surface area contributed by atoms with E-state index >= 15 is 0 Å². The quantitative estimate of drug-likeness (QED) is 0.572. The second kappa shape index (κ2) is 10.8. The third kappa shape index (κ3) is 6.04. The fraction of sp³-hybridized carbons (Fsp3) is 0.435. The van der Waals surface area contributed by atoms with Crippen LogP contribution in [0.25, 0.3) is 0 Å². The molecule has 6 heteroatoms. The Labute approximate surface area is 177 Å². The van der Waals surface area contributed by atoms with Gasteiger partial charge in [0.15, 0.2) is 0 Å². The number of ether oxygens (including phenoxy) is 1. The summed E-state index contributed by atoms with van der Waals surface area (Å²) >= 11 is 1.74. The van der Waals surface area contributed by atoms with E-state index in [-0.39, 0.29) is 17.1 Å². The van der Waals surface area contributed by atoms with Crippen molar-refractivity contribution in [3.63, 3.8) is 0 Å². The van der Waals surface area contributed by atoms with Gasteiger partial charge in [0.05, 0.1) is 6.54 Å². The zero-order valence-electron chi connectivity index (χ0n) is 17.1. The molecule has 0 radical (unpaired) electrons. The lowest BCUT2D eigenvalue weighted by Gasteiger charge is -2.28. The minimum absolute atomic E-state index is 0.0395. The van der Waals surface area contributed by atoms with E-state index in [1.807, 2.05) is 17.0 Å². The number of benzene rings is 2. The minimum atomic E-state index is -0.253. The molecule has 0 saturated carbocycles. The summed E-state index contributed by atoms with van der Waals surface area (Å²) in [7, 11) is 1.70. The molecule has 4 nitrogen and oxygen atoms in total. The molecule has 156 valence electrons. The number of nitrogens with zero attached hydrogens (tertiary/aromatic N) is 2. The highest BCUT2D eigenvalue weighted by molar-refractivity contribution is 7.99. The lowest BCUT2D eigenvalue weighted by atomic mass is 10.1. The average molecular weight is 417 g/mol. The van der Waals surface area contributed by atoms with Gasteiger partial charge in [-0.3, -0.25) is 9.69 Å². The summed E-state index contributed by atoms with van der Waals surface area (Å²) in [6.07, 6.45) is 0.881. The molecular weight excluding hydrogens is 387 g/mol. The fourth-order valence-corrected chi connectivity index (χ4v) is 4.86. The summed E-state index contributed by atoms with van der Waals surface area (Å²) < 4.78 is 18.5. The minimum Gasteiger partial charge on any atom is -0.385 e. The number of thioether (sulfide) groups is 1. The Morgan fingerprint density at radius 3 is 2.72 bits per heavy atom. The Bertz CT molecular complexity index is 800. The number of hydrogen-bond donors (Lipinski definition) is 0. The molecule has 1 aliphatic heterocycles. The first-order chi connectivity index (χ1) is 14.1. The summed E-state index contributed by atoms with van der Waals surface area (Å²) in [6.45, 7) is 5.42. The van der Waals surface area contributed by atoms with Crippen LogP contribution in [0.1, 0.15) is 28.5 Å². The van der Waals surface area contributed by atoms with E-state index < -0.39 is 0 Å². The van der Waals surface area contributed by atoms with Gasteiger partial charge in [0.1, 0.15) is 11.2 Å². The highest BCUT2D eigenvalue weighted by Crippen LogP contribution is 2.38. The molecule has 0 aromatic heterocycles. The van der Waals surface area contributed by atoms with Crippen molar-refractivity contribution in [2.75, 3.05) is 39.1 Å². The second-order valence-electron chi connectivity index (χ2n) is 7.35. The van der Waals surface area contributed by atoms with Crippen LogP contribution in [0.2, 0.25) is 0 Å². The summed E-state index contributed by atoms with van der Waals surface area (Å²) in [5.74, 6) is 0.766. The highest BCUT2D eigenvalue weighted by Gasteiger charge is 2.31. The first-order valence-electron chi connectivity index (χ1n) is 10.0. The second-order valence-corrected chi connectivity index (χ2v) is 8.53. The molecule has 2 aromatic rings. The Morgan fingerprint density at radius 2 is 2.00 bits per heavy atom. The lowest BCUT2D eigenvalue weighted by molar-refractivity contribution is -0.132. The van der Waals surface area contributed by atoms with E-state index in [0.29, 0.717) is 13.2 Å². The van der Waals surface area contributed by atoms with Gasteiger partial charge in [-0.15, -0.1) is 11.8 Å². The van der Waals surface area contributed by atoms with Crippen LogP contribution in [-0.2, 0) is 16.1 Å². The Morgan fingerprint density at radius 1 is 1.24 bits per heavy atom. The molecule has 1 aliphatic rings. The standard InChI is InChI=1S/C23H29FN2O2S/c1-18-6-3-4-7-20(18)16-25(12-5-14-28-2)17-22(27)26-13-15-29-23(26)19-8-10-21(24)11-9-19/h3-4,6-11,23H,5,12-17H2,1-2H3/t23-/m1/s1. The van der Waals surface area contributed by atoms with E-state index in [9.17, 15) is 9.18 Å². The maximum atomic E-state index is 13.3. The predicted molar refractivity (Wildman–Crippen MR) is 116 cm³/mol. The van der Waals surface area contributed by atoms with E-state index in [2.05, 4.69) is 24.0 Å². The maximum Gasteiger partial charge on any atom is 0.237 e. The highest BCUT2D eigenvalue weighted by atomic mass is 32.2. The van der Waals surface area contributed by atoms with Crippen molar-refractivity contribution in [2.45, 2.75) is 25.3 Å².